The second-order valence-corrected chi connectivity index (χ2v) is 8.27. The van der Waals surface area contributed by atoms with Gasteiger partial charge in [-0.1, -0.05) is 11.3 Å². The van der Waals surface area contributed by atoms with Crippen molar-refractivity contribution in [2.24, 2.45) is 0 Å². The van der Waals surface area contributed by atoms with Crippen molar-refractivity contribution < 1.29 is 14.3 Å². The number of nitrogens with zero attached hydrogens (tertiary/aromatic N) is 3. The number of hydrogen-bond donors (Lipinski definition) is 0. The molecular weight excluding hydrogens is 354 g/mol. The van der Waals surface area contributed by atoms with Crippen LogP contribution in [0, 0.1) is 13.8 Å². The molecule has 144 valence electrons. The van der Waals surface area contributed by atoms with Crippen LogP contribution in [-0.2, 0) is 16.1 Å². The summed E-state index contributed by atoms with van der Waals surface area (Å²) in [7, 11) is 0. The topological polar surface area (TPSA) is 71.9 Å². The van der Waals surface area contributed by atoms with E-state index in [1.54, 1.807) is 14.4 Å². The summed E-state index contributed by atoms with van der Waals surface area (Å²) in [6.07, 6.45) is 4.57. The first-order chi connectivity index (χ1) is 12.5. The van der Waals surface area contributed by atoms with Crippen molar-refractivity contribution >= 4 is 23.3 Å². The zero-order valence-corrected chi connectivity index (χ0v) is 16.3. The lowest BCUT2D eigenvalue weighted by Crippen LogP contribution is -2.48. The van der Waals surface area contributed by atoms with Gasteiger partial charge < -0.3 is 14.5 Å². The van der Waals surface area contributed by atoms with E-state index in [9.17, 15) is 14.4 Å². The third-order valence-electron chi connectivity index (χ3n) is 5.38. The van der Waals surface area contributed by atoms with Crippen molar-refractivity contribution in [2.75, 3.05) is 26.2 Å². The Morgan fingerprint density at radius 2 is 1.81 bits per heavy atom. The van der Waals surface area contributed by atoms with Crippen LogP contribution in [0.3, 0.4) is 0 Å². The lowest BCUT2D eigenvalue weighted by molar-refractivity contribution is -0.136. The number of amides is 2. The highest BCUT2D eigenvalue weighted by Crippen LogP contribution is 2.19. The van der Waals surface area contributed by atoms with Gasteiger partial charge in [0.25, 0.3) is 0 Å². The highest BCUT2D eigenvalue weighted by atomic mass is 32.1. The number of aromatic nitrogens is 1. The van der Waals surface area contributed by atoms with Crippen LogP contribution in [0.1, 0.15) is 42.7 Å². The summed E-state index contributed by atoms with van der Waals surface area (Å²) in [5, 5.41) is 0. The second-order valence-electron chi connectivity index (χ2n) is 7.10. The Balaban J connectivity index is 1.61. The highest BCUT2D eigenvalue weighted by Gasteiger charge is 2.29. The number of likely N-dealkylation sites (tertiary alicyclic amines) is 2. The minimum absolute atomic E-state index is 0.0611. The van der Waals surface area contributed by atoms with Crippen molar-refractivity contribution in [1.82, 2.24) is 14.4 Å². The van der Waals surface area contributed by atoms with Crippen LogP contribution < -0.4 is 4.87 Å². The first-order valence-electron chi connectivity index (χ1n) is 9.35. The molecule has 0 spiro atoms. The SMILES string of the molecule is Cc1sc(=O)n(CC(=O)N2CCCCC2COC(=O)N2CCCC2)c1C. The van der Waals surface area contributed by atoms with Crippen molar-refractivity contribution in [3.8, 4) is 0 Å². The fraction of sp³-hybridized carbons (Fsp3) is 0.722. The molecule has 2 fully saturated rings. The molecular formula is C18H27N3O4S. The Kier molecular flexibility index (Phi) is 6.01. The summed E-state index contributed by atoms with van der Waals surface area (Å²) in [5.74, 6) is -0.0741. The lowest BCUT2D eigenvalue weighted by atomic mass is 10.0. The number of rotatable bonds is 4. The fourth-order valence-electron chi connectivity index (χ4n) is 3.66. The standard InChI is InChI=1S/C18H27N3O4S/c1-13-14(2)26-18(24)21(13)11-16(22)20-10-4-3-7-15(20)12-25-17(23)19-8-5-6-9-19/h15H,3-12H2,1-2H3. The average Bonchev–Trinajstić information content (AvgIpc) is 3.25. The van der Waals surface area contributed by atoms with E-state index in [0.717, 1.165) is 55.8 Å². The Bertz CT molecular complexity index is 721. The summed E-state index contributed by atoms with van der Waals surface area (Å²) < 4.78 is 7.02. The molecule has 1 aromatic rings. The maximum Gasteiger partial charge on any atom is 0.409 e. The van der Waals surface area contributed by atoms with Crippen LogP contribution >= 0.6 is 11.3 Å². The molecule has 0 bridgehead atoms. The van der Waals surface area contributed by atoms with Gasteiger partial charge in [-0.3, -0.25) is 14.2 Å². The molecule has 7 nitrogen and oxygen atoms in total. The minimum Gasteiger partial charge on any atom is -0.447 e. The first kappa shape index (κ1) is 18.9. The lowest BCUT2D eigenvalue weighted by Gasteiger charge is -2.35. The van der Waals surface area contributed by atoms with E-state index in [1.807, 2.05) is 13.8 Å². The largest absolute Gasteiger partial charge is 0.447 e. The van der Waals surface area contributed by atoms with Gasteiger partial charge >= 0.3 is 11.0 Å². The first-order valence-corrected chi connectivity index (χ1v) is 10.2. The number of hydrogen-bond acceptors (Lipinski definition) is 5. The summed E-state index contributed by atoms with van der Waals surface area (Å²) in [6.45, 7) is 6.22. The molecule has 3 heterocycles. The molecule has 2 amide bonds. The smallest absolute Gasteiger partial charge is 0.409 e. The molecule has 1 atom stereocenters. The number of ether oxygens (including phenoxy) is 1. The predicted octanol–water partition coefficient (Wildman–Crippen LogP) is 2.14. The van der Waals surface area contributed by atoms with E-state index < -0.39 is 0 Å². The van der Waals surface area contributed by atoms with E-state index in [1.165, 1.54) is 11.3 Å². The Hall–Kier alpha value is -1.83. The van der Waals surface area contributed by atoms with Gasteiger partial charge in [0.15, 0.2) is 0 Å². The molecule has 26 heavy (non-hydrogen) atoms. The quantitative estimate of drug-likeness (QED) is 0.801. The number of carbonyl (C=O) groups excluding carboxylic acids is 2. The van der Waals surface area contributed by atoms with Crippen LogP contribution in [0.5, 0.6) is 0 Å². The van der Waals surface area contributed by atoms with Crippen molar-refractivity contribution in [3.05, 3.63) is 20.2 Å². The molecule has 0 radical (unpaired) electrons. The maximum atomic E-state index is 12.8. The molecule has 8 heteroatoms. The predicted molar refractivity (Wildman–Crippen MR) is 99.6 cm³/mol. The molecule has 2 saturated heterocycles. The molecule has 0 N–H and O–H groups in total. The third kappa shape index (κ3) is 4.11. The zero-order valence-electron chi connectivity index (χ0n) is 15.5. The molecule has 0 saturated carbocycles. The summed E-state index contributed by atoms with van der Waals surface area (Å²) in [6, 6.07) is -0.0986. The highest BCUT2D eigenvalue weighted by molar-refractivity contribution is 7.09. The van der Waals surface area contributed by atoms with Gasteiger partial charge in [0, 0.05) is 30.2 Å². The van der Waals surface area contributed by atoms with Gasteiger partial charge in [0.05, 0.1) is 6.04 Å². The van der Waals surface area contributed by atoms with Crippen LogP contribution in [0.4, 0.5) is 4.79 Å². The van der Waals surface area contributed by atoms with Gasteiger partial charge in [-0.25, -0.2) is 4.79 Å². The van der Waals surface area contributed by atoms with Crippen molar-refractivity contribution in [2.45, 2.75) is 58.5 Å². The van der Waals surface area contributed by atoms with Gasteiger partial charge in [-0.05, 0) is 46.0 Å². The van der Waals surface area contributed by atoms with E-state index in [2.05, 4.69) is 0 Å². The van der Waals surface area contributed by atoms with E-state index in [0.29, 0.717) is 6.54 Å². The summed E-state index contributed by atoms with van der Waals surface area (Å²) >= 11 is 1.18. The number of carbonyl (C=O) groups is 2. The van der Waals surface area contributed by atoms with Crippen LogP contribution in [0.15, 0.2) is 4.79 Å². The van der Waals surface area contributed by atoms with Crippen LogP contribution in [0.25, 0.3) is 0 Å². The number of piperidine rings is 1. The van der Waals surface area contributed by atoms with Crippen molar-refractivity contribution in [3.63, 3.8) is 0 Å². The van der Waals surface area contributed by atoms with Crippen molar-refractivity contribution in [1.29, 1.82) is 0 Å². The molecule has 1 unspecified atom stereocenters. The summed E-state index contributed by atoms with van der Waals surface area (Å²) in [5.41, 5.74) is 0.849. The maximum absolute atomic E-state index is 12.8. The van der Waals surface area contributed by atoms with E-state index >= 15 is 0 Å². The van der Waals surface area contributed by atoms with E-state index in [-0.39, 0.29) is 36.1 Å². The van der Waals surface area contributed by atoms with Gasteiger partial charge in [-0.15, -0.1) is 0 Å². The Morgan fingerprint density at radius 3 is 2.46 bits per heavy atom. The minimum atomic E-state index is -0.277. The zero-order chi connectivity index (χ0) is 18.7. The van der Waals surface area contributed by atoms with Crippen LogP contribution in [0.2, 0.25) is 0 Å². The van der Waals surface area contributed by atoms with Crippen LogP contribution in [-0.4, -0.2) is 58.7 Å². The second kappa shape index (κ2) is 8.24. The van der Waals surface area contributed by atoms with E-state index in [4.69, 9.17) is 4.74 Å². The molecule has 0 aromatic carbocycles. The Morgan fingerprint density at radius 1 is 1.12 bits per heavy atom. The molecule has 3 rings (SSSR count). The van der Waals surface area contributed by atoms with Gasteiger partial charge in [0.1, 0.15) is 13.2 Å². The molecule has 1 aromatic heterocycles. The van der Waals surface area contributed by atoms with Gasteiger partial charge in [0.2, 0.25) is 5.91 Å². The third-order valence-corrected chi connectivity index (χ3v) is 6.38. The average molecular weight is 381 g/mol. The monoisotopic (exact) mass is 381 g/mol. The van der Waals surface area contributed by atoms with Gasteiger partial charge in [-0.2, -0.15) is 0 Å². The number of aryl methyl sites for hydroxylation is 1. The normalized spacial score (nSPS) is 20.5. The fourth-order valence-corrected chi connectivity index (χ4v) is 4.49. The summed E-state index contributed by atoms with van der Waals surface area (Å²) in [4.78, 5) is 41.3. The molecule has 2 aliphatic heterocycles. The molecule has 2 aliphatic rings. The Labute approximate surface area is 157 Å². The number of thiazole rings is 1. The molecule has 0 aliphatic carbocycles.